The van der Waals surface area contributed by atoms with Crippen LogP contribution in [0.25, 0.3) is 0 Å². The summed E-state index contributed by atoms with van der Waals surface area (Å²) in [6.07, 6.45) is 4.28. The molecule has 6 N–H and O–H groups in total. The number of aryl methyl sites for hydroxylation is 1. The lowest BCUT2D eigenvalue weighted by Crippen LogP contribution is -2.55. The molecule has 0 aromatic heterocycles. The fraction of sp³-hybridized carbons (Fsp3) is 0.552. The van der Waals surface area contributed by atoms with Crippen molar-refractivity contribution in [2.24, 2.45) is 11.7 Å². The number of amides is 6. The second-order valence-electron chi connectivity index (χ2n) is 11.1. The first-order valence-corrected chi connectivity index (χ1v) is 13.6. The van der Waals surface area contributed by atoms with Gasteiger partial charge in [-0.05, 0) is 69.7 Å². The quantitative estimate of drug-likeness (QED) is 0.173. The molecule has 1 aromatic carbocycles. The zero-order valence-corrected chi connectivity index (χ0v) is 25.5. The van der Waals surface area contributed by atoms with Gasteiger partial charge in [0.25, 0.3) is 0 Å². The van der Waals surface area contributed by atoms with Crippen LogP contribution in [0.1, 0.15) is 58.6 Å². The first-order chi connectivity index (χ1) is 19.5. The Morgan fingerprint density at radius 2 is 1.76 bits per heavy atom. The fourth-order valence-corrected chi connectivity index (χ4v) is 3.70. The van der Waals surface area contributed by atoms with E-state index < -0.39 is 47.7 Å². The molecule has 0 aliphatic heterocycles. The van der Waals surface area contributed by atoms with Crippen molar-refractivity contribution in [3.05, 3.63) is 29.3 Å². The van der Waals surface area contributed by atoms with E-state index >= 15 is 0 Å². The van der Waals surface area contributed by atoms with Gasteiger partial charge in [-0.15, -0.1) is 6.42 Å². The summed E-state index contributed by atoms with van der Waals surface area (Å²) in [6, 6.07) is 2.50. The predicted molar refractivity (Wildman–Crippen MR) is 158 cm³/mol. The van der Waals surface area contributed by atoms with Crippen molar-refractivity contribution in [3.63, 3.8) is 0 Å². The van der Waals surface area contributed by atoms with E-state index in [1.54, 1.807) is 59.9 Å². The lowest BCUT2D eigenvalue weighted by molar-refractivity contribution is -0.128. The van der Waals surface area contributed by atoms with Crippen molar-refractivity contribution in [2.75, 3.05) is 25.5 Å². The Morgan fingerprint density at radius 3 is 2.33 bits per heavy atom. The lowest BCUT2D eigenvalue weighted by atomic mass is 10.0. The number of hydrogen-bond acceptors (Lipinski definition) is 7. The number of urea groups is 1. The van der Waals surface area contributed by atoms with Crippen molar-refractivity contribution >= 4 is 35.7 Å². The van der Waals surface area contributed by atoms with Gasteiger partial charge in [-0.25, -0.2) is 14.4 Å². The molecule has 2 atom stereocenters. The predicted octanol–water partition coefficient (Wildman–Crippen LogP) is 2.62. The topological polar surface area (TPSA) is 181 Å². The lowest BCUT2D eigenvalue weighted by Gasteiger charge is -2.27. The average molecular weight is 589 g/mol. The summed E-state index contributed by atoms with van der Waals surface area (Å²) in [4.78, 5) is 63.5. The summed E-state index contributed by atoms with van der Waals surface area (Å²) in [6.45, 7) is 10.7. The number of ether oxygens (including phenoxy) is 2. The van der Waals surface area contributed by atoms with Gasteiger partial charge in [0.1, 0.15) is 17.7 Å². The first-order valence-electron chi connectivity index (χ1n) is 13.6. The summed E-state index contributed by atoms with van der Waals surface area (Å²) < 4.78 is 10.2. The normalized spacial score (nSPS) is 12.3. The number of primary amides is 1. The highest BCUT2D eigenvalue weighted by Gasteiger charge is 2.30. The molecule has 1 aromatic rings. The Labute approximate surface area is 247 Å². The molecular weight excluding hydrogens is 544 g/mol. The highest BCUT2D eigenvalue weighted by molar-refractivity contribution is 5.98. The Morgan fingerprint density at radius 1 is 1.10 bits per heavy atom. The number of rotatable bonds is 13. The maximum Gasteiger partial charge on any atom is 0.410 e. The molecule has 0 unspecified atom stereocenters. The van der Waals surface area contributed by atoms with E-state index in [9.17, 15) is 24.0 Å². The van der Waals surface area contributed by atoms with E-state index in [1.165, 1.54) is 4.90 Å². The number of anilines is 1. The fourth-order valence-electron chi connectivity index (χ4n) is 3.70. The van der Waals surface area contributed by atoms with Crippen molar-refractivity contribution in [2.45, 2.75) is 78.6 Å². The monoisotopic (exact) mass is 588 g/mol. The zero-order chi connectivity index (χ0) is 32.0. The molecule has 0 saturated carbocycles. The van der Waals surface area contributed by atoms with Crippen LogP contribution >= 0.6 is 0 Å². The van der Waals surface area contributed by atoms with Crippen LogP contribution in [0, 0.1) is 25.2 Å². The summed E-state index contributed by atoms with van der Waals surface area (Å²) >= 11 is 0. The number of nitrogens with zero attached hydrogens (tertiary/aromatic N) is 1. The zero-order valence-electron chi connectivity index (χ0n) is 25.5. The molecule has 0 heterocycles. The van der Waals surface area contributed by atoms with Gasteiger partial charge in [0.15, 0.2) is 6.61 Å². The minimum absolute atomic E-state index is 0.148. The minimum atomic E-state index is -1.01. The third kappa shape index (κ3) is 13.3. The van der Waals surface area contributed by atoms with Crippen LogP contribution < -0.4 is 27.0 Å². The number of terminal acetylenes is 1. The highest BCUT2D eigenvalue weighted by atomic mass is 16.6. The van der Waals surface area contributed by atoms with E-state index in [-0.39, 0.29) is 32.0 Å². The number of benzene rings is 1. The van der Waals surface area contributed by atoms with Crippen LogP contribution in [0.5, 0.6) is 0 Å². The van der Waals surface area contributed by atoms with Gasteiger partial charge in [-0.3, -0.25) is 9.59 Å². The first kappa shape index (κ1) is 35.6. The Kier molecular flexibility index (Phi) is 14.1. The van der Waals surface area contributed by atoms with Gasteiger partial charge in [0.05, 0.1) is 0 Å². The van der Waals surface area contributed by atoms with Gasteiger partial charge < -0.3 is 41.4 Å². The van der Waals surface area contributed by atoms with Crippen LogP contribution in [0.15, 0.2) is 18.2 Å². The molecule has 1 rings (SSSR count). The molecule has 0 saturated heterocycles. The molecule has 0 fully saturated rings. The van der Waals surface area contributed by atoms with Gasteiger partial charge >= 0.3 is 18.2 Å². The summed E-state index contributed by atoms with van der Waals surface area (Å²) in [7, 11) is 1.56. The second-order valence-corrected chi connectivity index (χ2v) is 11.1. The van der Waals surface area contributed by atoms with E-state index in [1.807, 2.05) is 6.92 Å². The third-order valence-corrected chi connectivity index (χ3v) is 5.84. The third-order valence-electron chi connectivity index (χ3n) is 5.84. The molecular formula is C29H44N6O7. The molecule has 42 heavy (non-hydrogen) atoms. The maximum absolute atomic E-state index is 13.4. The van der Waals surface area contributed by atoms with Crippen molar-refractivity contribution in [1.29, 1.82) is 0 Å². The Bertz CT molecular complexity index is 1160. The van der Waals surface area contributed by atoms with Crippen molar-refractivity contribution in [3.8, 4) is 12.3 Å². The van der Waals surface area contributed by atoms with Gasteiger partial charge in [0.2, 0.25) is 11.8 Å². The number of nitrogens with one attached hydrogen (secondary N) is 4. The largest absolute Gasteiger partial charge is 0.444 e. The van der Waals surface area contributed by atoms with Crippen LogP contribution in [-0.4, -0.2) is 72.8 Å². The van der Waals surface area contributed by atoms with Crippen LogP contribution in [0.2, 0.25) is 0 Å². The average Bonchev–Trinajstić information content (AvgIpc) is 2.87. The van der Waals surface area contributed by atoms with Crippen LogP contribution in [-0.2, 0) is 25.6 Å². The van der Waals surface area contributed by atoms with Crippen molar-refractivity contribution < 1.29 is 33.4 Å². The number of nitrogens with two attached hydrogens (primary N) is 1. The van der Waals surface area contributed by atoms with Gasteiger partial charge in [-0.1, -0.05) is 25.8 Å². The van der Waals surface area contributed by atoms with E-state index in [0.717, 1.165) is 11.1 Å². The number of carbonyl (C=O) groups excluding carboxylic acids is 5. The standard InChI is InChI=1S/C29H44N6O7/c1-9-15-41-28(40)35(8)17-20-16-21(13-12-19(20)4)32-24(36)22(11-10-14-31-26(30)38)33-25(37)23(18(2)3)34-27(39)42-29(5,6)7/h1,12-13,16,18,22-23H,10-11,14-15,17H2,2-8H3,(H,32,36)(H,33,37)(H,34,39)(H3,30,31,38)/t22-,23-/m0/s1. The van der Waals surface area contributed by atoms with Crippen LogP contribution in [0.3, 0.4) is 0 Å². The summed E-state index contributed by atoms with van der Waals surface area (Å²) in [5.41, 5.74) is 6.43. The summed E-state index contributed by atoms with van der Waals surface area (Å²) in [5, 5.41) is 10.5. The van der Waals surface area contributed by atoms with Crippen LogP contribution in [0.4, 0.5) is 20.1 Å². The molecule has 0 aliphatic carbocycles. The number of hydrogen-bond donors (Lipinski definition) is 5. The van der Waals surface area contributed by atoms with E-state index in [4.69, 9.17) is 21.6 Å². The molecule has 6 amide bonds. The SMILES string of the molecule is C#CCOC(=O)N(C)Cc1cc(NC(=O)[C@H](CCCNC(N)=O)NC(=O)[C@@H](NC(=O)OC(C)(C)C)C(C)C)ccc1C. The Balaban J connectivity index is 3.09. The van der Waals surface area contributed by atoms with Crippen molar-refractivity contribution in [1.82, 2.24) is 20.9 Å². The molecule has 0 bridgehead atoms. The number of alkyl carbamates (subject to hydrolysis) is 1. The van der Waals surface area contributed by atoms with E-state index in [2.05, 4.69) is 27.2 Å². The molecule has 13 nitrogen and oxygen atoms in total. The molecule has 0 spiro atoms. The molecule has 0 aliphatic rings. The molecule has 232 valence electrons. The number of carbonyl (C=O) groups is 5. The molecule has 13 heteroatoms. The molecule has 0 radical (unpaired) electrons. The van der Waals surface area contributed by atoms with Gasteiger partial charge in [-0.2, -0.15) is 0 Å². The smallest absolute Gasteiger partial charge is 0.410 e. The maximum atomic E-state index is 13.4. The highest BCUT2D eigenvalue weighted by Crippen LogP contribution is 2.18. The Hall–Kier alpha value is -4.47. The second kappa shape index (κ2) is 16.7. The van der Waals surface area contributed by atoms with Gasteiger partial charge in [0, 0.05) is 25.8 Å². The van der Waals surface area contributed by atoms with E-state index in [0.29, 0.717) is 12.1 Å². The minimum Gasteiger partial charge on any atom is -0.444 e. The summed E-state index contributed by atoms with van der Waals surface area (Å²) in [5.74, 6) is 0.831.